The molecular weight excluding hydrogens is 360 g/mol. The van der Waals surface area contributed by atoms with Crippen LogP contribution in [0.15, 0.2) is 42.6 Å². The number of anilines is 1. The summed E-state index contributed by atoms with van der Waals surface area (Å²) in [6, 6.07) is 8.55. The molecule has 6 heteroatoms. The molecule has 1 N–H and O–H groups in total. The van der Waals surface area contributed by atoms with Crippen LogP contribution in [0.3, 0.4) is 0 Å². The van der Waals surface area contributed by atoms with Gasteiger partial charge in [0.1, 0.15) is 28.8 Å². The van der Waals surface area contributed by atoms with Crippen LogP contribution < -0.4 is 5.32 Å². The molecule has 0 unspecified atom stereocenters. The van der Waals surface area contributed by atoms with Gasteiger partial charge in [-0.3, -0.25) is 9.20 Å². The van der Waals surface area contributed by atoms with Crippen molar-refractivity contribution >= 4 is 17.4 Å². The number of carbonyl (C=O) groups is 1. The van der Waals surface area contributed by atoms with Crippen LogP contribution in [0.2, 0.25) is 0 Å². The maximum absolute atomic E-state index is 14.4. The summed E-state index contributed by atoms with van der Waals surface area (Å²) in [7, 11) is 0. The molecule has 0 aliphatic carbocycles. The zero-order valence-electron chi connectivity index (χ0n) is 16.6. The Hall–Kier alpha value is -2.76. The standard InChI is InChI=1S/C22H25F2N3O/c1-14(13-22(2,3)4)11-19(28)26-21-20(16-12-15(23)8-9-17(16)24)25-18-7-5-6-10-27(18)21/h5-10,12,14H,11,13H2,1-4H3,(H,26,28)/t14-/m1/s1. The van der Waals surface area contributed by atoms with Gasteiger partial charge in [-0.15, -0.1) is 0 Å². The van der Waals surface area contributed by atoms with E-state index in [1.54, 1.807) is 28.8 Å². The fourth-order valence-electron chi connectivity index (χ4n) is 3.60. The largest absolute Gasteiger partial charge is 0.310 e. The summed E-state index contributed by atoms with van der Waals surface area (Å²) < 4.78 is 29.8. The number of nitrogens with zero attached hydrogens (tertiary/aromatic N) is 2. The summed E-state index contributed by atoms with van der Waals surface area (Å²) in [6.07, 6.45) is 2.97. The maximum Gasteiger partial charge on any atom is 0.225 e. The molecule has 1 amide bonds. The highest BCUT2D eigenvalue weighted by Gasteiger charge is 2.22. The number of pyridine rings is 1. The first kappa shape index (κ1) is 20.0. The fourth-order valence-corrected chi connectivity index (χ4v) is 3.60. The van der Waals surface area contributed by atoms with E-state index < -0.39 is 11.6 Å². The van der Waals surface area contributed by atoms with Crippen molar-refractivity contribution in [3.05, 3.63) is 54.2 Å². The predicted molar refractivity (Wildman–Crippen MR) is 107 cm³/mol. The zero-order valence-corrected chi connectivity index (χ0v) is 16.6. The molecule has 0 saturated carbocycles. The topological polar surface area (TPSA) is 46.4 Å². The molecular formula is C22H25F2N3O. The van der Waals surface area contributed by atoms with Gasteiger partial charge in [0.2, 0.25) is 5.91 Å². The van der Waals surface area contributed by atoms with E-state index in [-0.39, 0.29) is 28.5 Å². The van der Waals surface area contributed by atoms with Gasteiger partial charge in [0, 0.05) is 18.2 Å². The second-order valence-electron chi connectivity index (χ2n) is 8.48. The molecule has 28 heavy (non-hydrogen) atoms. The van der Waals surface area contributed by atoms with Gasteiger partial charge in [-0.05, 0) is 48.1 Å². The van der Waals surface area contributed by atoms with Gasteiger partial charge in [-0.2, -0.15) is 0 Å². The third-order valence-electron chi connectivity index (χ3n) is 4.47. The Kier molecular flexibility index (Phi) is 5.49. The van der Waals surface area contributed by atoms with Crippen molar-refractivity contribution < 1.29 is 13.6 Å². The van der Waals surface area contributed by atoms with Crippen LogP contribution in [-0.2, 0) is 4.79 Å². The highest BCUT2D eigenvalue weighted by atomic mass is 19.1. The van der Waals surface area contributed by atoms with Crippen LogP contribution in [0.5, 0.6) is 0 Å². The number of halogens is 2. The fraction of sp³-hybridized carbons (Fsp3) is 0.364. The molecule has 2 heterocycles. The minimum atomic E-state index is -0.596. The Balaban J connectivity index is 1.96. The minimum Gasteiger partial charge on any atom is -0.310 e. The zero-order chi connectivity index (χ0) is 20.5. The van der Waals surface area contributed by atoms with E-state index in [1.165, 1.54) is 0 Å². The molecule has 3 rings (SSSR count). The molecule has 148 valence electrons. The average Bonchev–Trinajstić information content (AvgIpc) is 2.93. The second-order valence-corrected chi connectivity index (χ2v) is 8.48. The Morgan fingerprint density at radius 3 is 2.68 bits per heavy atom. The summed E-state index contributed by atoms with van der Waals surface area (Å²) in [4.78, 5) is 17.1. The normalized spacial score (nSPS) is 12.9. The van der Waals surface area contributed by atoms with Gasteiger partial charge >= 0.3 is 0 Å². The lowest BCUT2D eigenvalue weighted by atomic mass is 9.84. The van der Waals surface area contributed by atoms with Crippen LogP contribution in [0.4, 0.5) is 14.6 Å². The summed E-state index contributed by atoms with van der Waals surface area (Å²) in [5, 5.41) is 2.87. The first-order valence-electron chi connectivity index (χ1n) is 9.36. The van der Waals surface area contributed by atoms with Crippen LogP contribution in [0, 0.1) is 23.0 Å². The average molecular weight is 385 g/mol. The lowest BCUT2D eigenvalue weighted by Gasteiger charge is -2.22. The maximum atomic E-state index is 14.4. The van der Waals surface area contributed by atoms with Gasteiger partial charge in [0.05, 0.1) is 0 Å². The molecule has 1 aromatic carbocycles. The Bertz CT molecular complexity index is 1000. The molecule has 0 spiro atoms. The van der Waals surface area contributed by atoms with Crippen molar-refractivity contribution in [2.75, 3.05) is 5.32 Å². The number of benzene rings is 1. The van der Waals surface area contributed by atoms with E-state index in [0.29, 0.717) is 17.9 Å². The predicted octanol–water partition coefficient (Wildman–Crippen LogP) is 5.68. The number of fused-ring (bicyclic) bond motifs is 1. The number of imidazole rings is 1. The Morgan fingerprint density at radius 1 is 1.21 bits per heavy atom. The molecule has 0 aliphatic rings. The number of amides is 1. The molecule has 3 aromatic rings. The molecule has 4 nitrogen and oxygen atoms in total. The van der Waals surface area contributed by atoms with Gasteiger partial charge in [0.25, 0.3) is 0 Å². The monoisotopic (exact) mass is 385 g/mol. The molecule has 0 aliphatic heterocycles. The molecule has 0 fully saturated rings. The summed E-state index contributed by atoms with van der Waals surface area (Å²) >= 11 is 0. The summed E-state index contributed by atoms with van der Waals surface area (Å²) in [5.41, 5.74) is 0.889. The SMILES string of the molecule is C[C@H](CC(=O)Nc1c(-c2cc(F)ccc2F)nc2ccccn12)CC(C)(C)C. The molecule has 0 saturated heterocycles. The highest BCUT2D eigenvalue weighted by Crippen LogP contribution is 2.32. The number of carbonyl (C=O) groups excluding carboxylic acids is 1. The van der Waals surface area contributed by atoms with Crippen molar-refractivity contribution in [1.29, 1.82) is 0 Å². The quantitative estimate of drug-likeness (QED) is 0.614. The van der Waals surface area contributed by atoms with E-state index in [0.717, 1.165) is 24.6 Å². The number of nitrogens with one attached hydrogen (secondary N) is 1. The Morgan fingerprint density at radius 2 is 1.96 bits per heavy atom. The Labute approximate surface area is 163 Å². The van der Waals surface area contributed by atoms with Crippen molar-refractivity contribution in [2.24, 2.45) is 11.3 Å². The van der Waals surface area contributed by atoms with Crippen LogP contribution in [0.1, 0.15) is 40.5 Å². The first-order valence-corrected chi connectivity index (χ1v) is 9.36. The summed E-state index contributed by atoms with van der Waals surface area (Å²) in [6.45, 7) is 8.44. The van der Waals surface area contributed by atoms with Crippen molar-refractivity contribution in [3.8, 4) is 11.3 Å². The van der Waals surface area contributed by atoms with Gasteiger partial charge in [-0.25, -0.2) is 13.8 Å². The van der Waals surface area contributed by atoms with E-state index in [9.17, 15) is 13.6 Å². The molecule has 2 aromatic heterocycles. The van der Waals surface area contributed by atoms with Crippen LogP contribution in [-0.4, -0.2) is 15.3 Å². The number of rotatable bonds is 5. The number of hydrogen-bond donors (Lipinski definition) is 1. The van der Waals surface area contributed by atoms with E-state index in [4.69, 9.17) is 0 Å². The van der Waals surface area contributed by atoms with E-state index in [2.05, 4.69) is 31.1 Å². The number of aromatic nitrogens is 2. The van der Waals surface area contributed by atoms with Crippen LogP contribution in [0.25, 0.3) is 16.9 Å². The minimum absolute atomic E-state index is 0.0155. The lowest BCUT2D eigenvalue weighted by Crippen LogP contribution is -2.19. The first-order chi connectivity index (χ1) is 13.1. The third-order valence-corrected chi connectivity index (χ3v) is 4.47. The van der Waals surface area contributed by atoms with Crippen molar-refractivity contribution in [1.82, 2.24) is 9.38 Å². The third kappa shape index (κ3) is 4.55. The molecule has 0 bridgehead atoms. The molecule has 1 atom stereocenters. The van der Waals surface area contributed by atoms with E-state index in [1.807, 2.05) is 6.92 Å². The molecule has 0 radical (unpaired) electrons. The highest BCUT2D eigenvalue weighted by molar-refractivity contribution is 5.94. The summed E-state index contributed by atoms with van der Waals surface area (Å²) in [5.74, 6) is -0.812. The van der Waals surface area contributed by atoms with Gasteiger partial charge in [0.15, 0.2) is 0 Å². The van der Waals surface area contributed by atoms with Crippen molar-refractivity contribution in [2.45, 2.75) is 40.5 Å². The smallest absolute Gasteiger partial charge is 0.225 e. The van der Waals surface area contributed by atoms with Crippen LogP contribution >= 0.6 is 0 Å². The number of hydrogen-bond acceptors (Lipinski definition) is 2. The van der Waals surface area contributed by atoms with E-state index >= 15 is 0 Å². The van der Waals surface area contributed by atoms with Gasteiger partial charge in [-0.1, -0.05) is 33.8 Å². The second kappa shape index (κ2) is 7.70. The van der Waals surface area contributed by atoms with Crippen molar-refractivity contribution in [3.63, 3.8) is 0 Å². The van der Waals surface area contributed by atoms with Gasteiger partial charge < -0.3 is 5.32 Å². The lowest BCUT2D eigenvalue weighted by molar-refractivity contribution is -0.117.